The van der Waals surface area contributed by atoms with Gasteiger partial charge in [0.1, 0.15) is 0 Å². The molecule has 1 aromatic rings. The van der Waals surface area contributed by atoms with Crippen molar-refractivity contribution in [1.29, 1.82) is 0 Å². The van der Waals surface area contributed by atoms with Gasteiger partial charge in [-0.25, -0.2) is 0 Å². The zero-order chi connectivity index (χ0) is 18.8. The van der Waals surface area contributed by atoms with Crippen molar-refractivity contribution in [2.24, 2.45) is 5.92 Å². The van der Waals surface area contributed by atoms with Gasteiger partial charge in [0.25, 0.3) is 5.91 Å². The van der Waals surface area contributed by atoms with Crippen molar-refractivity contribution in [1.82, 2.24) is 10.2 Å². The molecular formula is C22H30N2O3. The number of carboxylic acid groups (broad SMARTS) is 1. The summed E-state index contributed by atoms with van der Waals surface area (Å²) in [6.45, 7) is 2.87. The quantitative estimate of drug-likeness (QED) is 0.832. The standard InChI is InChI=1S/C22H30N2O3/c25-21(26)8-3-15-1-6-19(7-2-15)24-14-18-5-4-17(13-20(18)22(24)27)16-9-11-23-12-10-16/h4-5,13,15-16,19,23H,1-3,6-12,14H2,(H,25,26). The highest BCUT2D eigenvalue weighted by atomic mass is 16.4. The summed E-state index contributed by atoms with van der Waals surface area (Å²) in [6.07, 6.45) is 7.43. The predicted molar refractivity (Wildman–Crippen MR) is 104 cm³/mol. The summed E-state index contributed by atoms with van der Waals surface area (Å²) >= 11 is 0. The largest absolute Gasteiger partial charge is 0.481 e. The molecule has 1 saturated carbocycles. The monoisotopic (exact) mass is 370 g/mol. The molecule has 0 radical (unpaired) electrons. The summed E-state index contributed by atoms with van der Waals surface area (Å²) in [5, 5.41) is 12.3. The first kappa shape index (κ1) is 18.5. The Kier molecular flexibility index (Phi) is 5.48. The van der Waals surface area contributed by atoms with Crippen molar-refractivity contribution < 1.29 is 14.7 Å². The molecule has 2 N–H and O–H groups in total. The number of carbonyl (C=O) groups excluding carboxylic acids is 1. The number of hydrogen-bond acceptors (Lipinski definition) is 3. The summed E-state index contributed by atoms with van der Waals surface area (Å²) in [7, 11) is 0. The molecule has 1 aromatic carbocycles. The maximum atomic E-state index is 13.1. The number of nitrogens with zero attached hydrogens (tertiary/aromatic N) is 1. The molecule has 146 valence electrons. The van der Waals surface area contributed by atoms with Crippen LogP contribution in [0.1, 0.15) is 78.8 Å². The van der Waals surface area contributed by atoms with Gasteiger partial charge in [-0.2, -0.15) is 0 Å². The van der Waals surface area contributed by atoms with E-state index in [9.17, 15) is 9.59 Å². The fourth-order valence-electron chi connectivity index (χ4n) is 5.12. The van der Waals surface area contributed by atoms with Gasteiger partial charge in [-0.15, -0.1) is 0 Å². The fraction of sp³-hybridized carbons (Fsp3) is 0.636. The molecule has 4 rings (SSSR count). The van der Waals surface area contributed by atoms with E-state index in [0.717, 1.165) is 70.1 Å². The van der Waals surface area contributed by atoms with Crippen LogP contribution in [0.4, 0.5) is 0 Å². The second-order valence-electron chi connectivity index (χ2n) is 8.48. The molecule has 3 aliphatic rings. The zero-order valence-electron chi connectivity index (χ0n) is 16.0. The van der Waals surface area contributed by atoms with Gasteiger partial charge >= 0.3 is 5.97 Å². The van der Waals surface area contributed by atoms with Gasteiger partial charge in [0, 0.05) is 24.6 Å². The van der Waals surface area contributed by atoms with Crippen LogP contribution < -0.4 is 5.32 Å². The lowest BCUT2D eigenvalue weighted by atomic mass is 9.83. The first-order valence-corrected chi connectivity index (χ1v) is 10.5. The van der Waals surface area contributed by atoms with Crippen molar-refractivity contribution in [3.8, 4) is 0 Å². The average Bonchev–Trinajstić information content (AvgIpc) is 3.03. The molecule has 0 aromatic heterocycles. The smallest absolute Gasteiger partial charge is 0.303 e. The van der Waals surface area contributed by atoms with Gasteiger partial charge in [-0.05, 0) is 87.1 Å². The Morgan fingerprint density at radius 3 is 2.56 bits per heavy atom. The van der Waals surface area contributed by atoms with Gasteiger partial charge in [0.05, 0.1) is 0 Å². The molecule has 0 atom stereocenters. The van der Waals surface area contributed by atoms with Crippen molar-refractivity contribution in [3.05, 3.63) is 34.9 Å². The fourth-order valence-corrected chi connectivity index (χ4v) is 5.12. The molecule has 2 fully saturated rings. The second kappa shape index (κ2) is 8.01. The zero-order valence-corrected chi connectivity index (χ0v) is 16.0. The van der Waals surface area contributed by atoms with E-state index in [-0.39, 0.29) is 12.3 Å². The molecule has 0 bridgehead atoms. The number of rotatable bonds is 5. The number of hydrogen-bond donors (Lipinski definition) is 2. The number of piperidine rings is 1. The summed E-state index contributed by atoms with van der Waals surface area (Å²) < 4.78 is 0. The van der Waals surface area contributed by atoms with E-state index in [1.54, 1.807) is 0 Å². The number of carbonyl (C=O) groups is 2. The first-order valence-electron chi connectivity index (χ1n) is 10.5. The number of nitrogens with one attached hydrogen (secondary N) is 1. The van der Waals surface area contributed by atoms with Crippen molar-refractivity contribution in [3.63, 3.8) is 0 Å². The minimum absolute atomic E-state index is 0.203. The summed E-state index contributed by atoms with van der Waals surface area (Å²) in [5.74, 6) is 0.577. The van der Waals surface area contributed by atoms with E-state index < -0.39 is 5.97 Å². The SMILES string of the molecule is O=C(O)CCC1CCC(N2Cc3ccc(C4CCNCC4)cc3C2=O)CC1. The summed E-state index contributed by atoms with van der Waals surface area (Å²) in [4.78, 5) is 25.9. The van der Waals surface area contributed by atoms with Crippen LogP contribution in [0.15, 0.2) is 18.2 Å². The molecule has 2 heterocycles. The van der Waals surface area contributed by atoms with Gasteiger partial charge in [0.2, 0.25) is 0 Å². The van der Waals surface area contributed by atoms with Gasteiger partial charge in [-0.3, -0.25) is 9.59 Å². The highest BCUT2D eigenvalue weighted by Crippen LogP contribution is 2.36. The van der Waals surface area contributed by atoms with Crippen LogP contribution in [0.25, 0.3) is 0 Å². The Morgan fingerprint density at radius 2 is 1.85 bits per heavy atom. The van der Waals surface area contributed by atoms with Crippen molar-refractivity contribution in [2.45, 2.75) is 69.9 Å². The molecule has 5 heteroatoms. The van der Waals surface area contributed by atoms with Gasteiger partial charge < -0.3 is 15.3 Å². The van der Waals surface area contributed by atoms with Crippen LogP contribution >= 0.6 is 0 Å². The number of aliphatic carboxylic acids is 1. The maximum Gasteiger partial charge on any atom is 0.303 e. The molecule has 1 aliphatic carbocycles. The summed E-state index contributed by atoms with van der Waals surface area (Å²) in [6, 6.07) is 6.87. The molecule has 27 heavy (non-hydrogen) atoms. The Morgan fingerprint density at radius 1 is 1.11 bits per heavy atom. The number of benzene rings is 1. The lowest BCUT2D eigenvalue weighted by molar-refractivity contribution is -0.137. The Bertz CT molecular complexity index is 704. The Labute approximate surface area is 161 Å². The Hall–Kier alpha value is -1.88. The van der Waals surface area contributed by atoms with Crippen molar-refractivity contribution >= 4 is 11.9 Å². The number of fused-ring (bicyclic) bond motifs is 1. The summed E-state index contributed by atoms with van der Waals surface area (Å²) in [5.41, 5.74) is 3.41. The van der Waals surface area contributed by atoms with Gasteiger partial charge in [0.15, 0.2) is 0 Å². The third-order valence-electron chi connectivity index (χ3n) is 6.80. The molecule has 1 amide bonds. The van der Waals surface area contributed by atoms with E-state index in [0.29, 0.717) is 17.9 Å². The minimum Gasteiger partial charge on any atom is -0.481 e. The van der Waals surface area contributed by atoms with Crippen LogP contribution in [0.2, 0.25) is 0 Å². The maximum absolute atomic E-state index is 13.1. The van der Waals surface area contributed by atoms with E-state index in [1.807, 2.05) is 0 Å². The van der Waals surface area contributed by atoms with Crippen LogP contribution in [-0.2, 0) is 11.3 Å². The topological polar surface area (TPSA) is 69.6 Å². The van der Waals surface area contributed by atoms with Crippen LogP contribution in [0.5, 0.6) is 0 Å². The molecule has 0 spiro atoms. The third-order valence-corrected chi connectivity index (χ3v) is 6.80. The third kappa shape index (κ3) is 4.03. The minimum atomic E-state index is -0.702. The van der Waals surface area contributed by atoms with E-state index in [4.69, 9.17) is 5.11 Å². The lowest BCUT2D eigenvalue weighted by Crippen LogP contribution is -2.38. The van der Waals surface area contributed by atoms with Crippen LogP contribution in [0, 0.1) is 5.92 Å². The second-order valence-corrected chi connectivity index (χ2v) is 8.48. The highest BCUT2D eigenvalue weighted by Gasteiger charge is 2.35. The first-order chi connectivity index (χ1) is 13.1. The number of amides is 1. The van der Waals surface area contributed by atoms with Crippen LogP contribution in [0.3, 0.4) is 0 Å². The average molecular weight is 370 g/mol. The van der Waals surface area contributed by atoms with Crippen molar-refractivity contribution in [2.75, 3.05) is 13.1 Å². The number of carboxylic acids is 1. The van der Waals surface area contributed by atoms with Gasteiger partial charge in [-0.1, -0.05) is 12.1 Å². The molecule has 2 aliphatic heterocycles. The normalized spacial score (nSPS) is 26.2. The van der Waals surface area contributed by atoms with Crippen LogP contribution in [-0.4, -0.2) is 41.0 Å². The molecule has 1 saturated heterocycles. The predicted octanol–water partition coefficient (Wildman–Crippen LogP) is 3.53. The lowest BCUT2D eigenvalue weighted by Gasteiger charge is -2.34. The highest BCUT2D eigenvalue weighted by molar-refractivity contribution is 5.98. The molecular weight excluding hydrogens is 340 g/mol. The molecule has 0 unspecified atom stereocenters. The Balaban J connectivity index is 1.38. The van der Waals surface area contributed by atoms with E-state index in [2.05, 4.69) is 28.4 Å². The van der Waals surface area contributed by atoms with E-state index in [1.165, 1.54) is 11.1 Å². The molecule has 5 nitrogen and oxygen atoms in total. The van der Waals surface area contributed by atoms with E-state index >= 15 is 0 Å².